The van der Waals surface area contributed by atoms with Crippen LogP contribution in [0.2, 0.25) is 0 Å². The summed E-state index contributed by atoms with van der Waals surface area (Å²) in [4.78, 5) is 16.5. The third-order valence-corrected chi connectivity index (χ3v) is 6.40. The average molecular weight is 484 g/mol. The van der Waals surface area contributed by atoms with E-state index in [-0.39, 0.29) is 18.9 Å². The van der Waals surface area contributed by atoms with Crippen molar-refractivity contribution in [2.24, 2.45) is 0 Å². The fourth-order valence-corrected chi connectivity index (χ4v) is 4.47. The van der Waals surface area contributed by atoms with Crippen molar-refractivity contribution in [1.82, 2.24) is 4.98 Å². The van der Waals surface area contributed by atoms with Gasteiger partial charge in [-0.1, -0.05) is 12.1 Å². The molecule has 3 aromatic rings. The van der Waals surface area contributed by atoms with Crippen molar-refractivity contribution in [3.05, 3.63) is 78.1 Å². The Morgan fingerprint density at radius 1 is 0.971 bits per heavy atom. The van der Waals surface area contributed by atoms with Crippen molar-refractivity contribution in [2.45, 2.75) is 19.3 Å². The average Bonchev–Trinajstić information content (AvgIpc) is 2.82. The Balaban J connectivity index is 1.57. The maximum absolute atomic E-state index is 12.4. The van der Waals surface area contributed by atoms with Crippen molar-refractivity contribution in [3.8, 4) is 11.5 Å². The van der Waals surface area contributed by atoms with E-state index in [9.17, 15) is 13.2 Å². The molecule has 0 unspecified atom stereocenters. The zero-order valence-corrected chi connectivity index (χ0v) is 20.3. The number of nitrogens with zero attached hydrogens (tertiary/aromatic N) is 2. The van der Waals surface area contributed by atoms with E-state index in [0.717, 1.165) is 23.8 Å². The van der Waals surface area contributed by atoms with Crippen LogP contribution in [0.3, 0.4) is 0 Å². The third kappa shape index (κ3) is 6.95. The number of ether oxygens (including phenoxy) is 2. The van der Waals surface area contributed by atoms with Crippen LogP contribution in [0.15, 0.2) is 67.0 Å². The lowest BCUT2D eigenvalue weighted by Crippen LogP contribution is -2.31. The van der Waals surface area contributed by atoms with Gasteiger partial charge in [-0.05, 0) is 60.4 Å². The molecule has 0 atom stereocenters. The number of methoxy groups -OCH3 is 2. The first-order chi connectivity index (χ1) is 16.3. The maximum Gasteiger partial charge on any atom is 0.232 e. The largest absolute Gasteiger partial charge is 0.497 e. The standard InChI is InChI=1S/C25H29N3O5S/c1-32-22-10-11-23(24(18-22)33-2)28(34(3,30)31)16-4-5-25(29)27-21-8-6-19(7-9-21)17-20-12-14-26-15-13-20/h6-15,18H,4-5,16-17H2,1-3H3,(H,27,29). The maximum atomic E-state index is 12.4. The summed E-state index contributed by atoms with van der Waals surface area (Å²) in [5.41, 5.74) is 3.38. The fraction of sp³-hybridized carbons (Fsp3) is 0.280. The molecule has 1 N–H and O–H groups in total. The lowest BCUT2D eigenvalue weighted by atomic mass is 10.1. The quantitative estimate of drug-likeness (QED) is 0.445. The van der Waals surface area contributed by atoms with E-state index in [1.165, 1.54) is 18.5 Å². The monoisotopic (exact) mass is 483 g/mol. The minimum atomic E-state index is -3.58. The summed E-state index contributed by atoms with van der Waals surface area (Å²) < 4.78 is 36.6. The molecule has 0 fully saturated rings. The van der Waals surface area contributed by atoms with Crippen molar-refractivity contribution in [1.29, 1.82) is 0 Å². The van der Waals surface area contributed by atoms with Crippen LogP contribution in [-0.2, 0) is 21.2 Å². The minimum absolute atomic E-state index is 0.139. The molecule has 180 valence electrons. The van der Waals surface area contributed by atoms with Gasteiger partial charge in [-0.15, -0.1) is 0 Å². The zero-order chi connectivity index (χ0) is 24.6. The van der Waals surface area contributed by atoms with Crippen LogP contribution in [0.25, 0.3) is 0 Å². The number of aromatic nitrogens is 1. The highest BCUT2D eigenvalue weighted by Crippen LogP contribution is 2.33. The van der Waals surface area contributed by atoms with Gasteiger partial charge in [0.2, 0.25) is 15.9 Å². The second-order valence-corrected chi connectivity index (χ2v) is 9.66. The molecule has 8 nitrogen and oxygen atoms in total. The van der Waals surface area contributed by atoms with Crippen LogP contribution in [0.4, 0.5) is 11.4 Å². The second-order valence-electron chi connectivity index (χ2n) is 7.75. The number of hydrogen-bond donors (Lipinski definition) is 1. The van der Waals surface area contributed by atoms with E-state index < -0.39 is 10.0 Å². The van der Waals surface area contributed by atoms with Crippen molar-refractivity contribution in [3.63, 3.8) is 0 Å². The Hall–Kier alpha value is -3.59. The highest BCUT2D eigenvalue weighted by atomic mass is 32.2. The number of benzene rings is 2. The molecule has 0 radical (unpaired) electrons. The van der Waals surface area contributed by atoms with Gasteiger partial charge in [0, 0.05) is 37.1 Å². The van der Waals surface area contributed by atoms with E-state index in [2.05, 4.69) is 10.3 Å². The van der Waals surface area contributed by atoms with Crippen molar-refractivity contribution >= 4 is 27.3 Å². The van der Waals surface area contributed by atoms with Crippen LogP contribution in [0.1, 0.15) is 24.0 Å². The molecule has 9 heteroatoms. The first-order valence-corrected chi connectivity index (χ1v) is 12.6. The summed E-state index contributed by atoms with van der Waals surface area (Å²) in [6.45, 7) is 0.139. The molecule has 34 heavy (non-hydrogen) atoms. The third-order valence-electron chi connectivity index (χ3n) is 5.22. The molecule has 0 saturated heterocycles. The molecule has 0 aliphatic carbocycles. The molecule has 0 spiro atoms. The van der Waals surface area contributed by atoms with Gasteiger partial charge < -0.3 is 14.8 Å². The van der Waals surface area contributed by atoms with Gasteiger partial charge >= 0.3 is 0 Å². The molecule has 0 aliphatic rings. The minimum Gasteiger partial charge on any atom is -0.497 e. The molecular weight excluding hydrogens is 454 g/mol. The molecule has 1 amide bonds. The van der Waals surface area contributed by atoms with E-state index in [1.54, 1.807) is 30.6 Å². The molecule has 2 aromatic carbocycles. The van der Waals surface area contributed by atoms with E-state index in [1.807, 2.05) is 36.4 Å². The predicted molar refractivity (Wildman–Crippen MR) is 133 cm³/mol. The lowest BCUT2D eigenvalue weighted by Gasteiger charge is -2.24. The number of anilines is 2. The van der Waals surface area contributed by atoms with E-state index in [4.69, 9.17) is 9.47 Å². The van der Waals surface area contributed by atoms with E-state index >= 15 is 0 Å². The normalized spacial score (nSPS) is 11.0. The SMILES string of the molecule is COc1ccc(N(CCCC(=O)Nc2ccc(Cc3ccncc3)cc2)S(C)(=O)=O)c(OC)c1. The summed E-state index contributed by atoms with van der Waals surface area (Å²) in [6.07, 6.45) is 5.95. The fourth-order valence-electron chi connectivity index (χ4n) is 3.50. The Bertz CT molecular complexity index is 1200. The van der Waals surface area contributed by atoms with Crippen LogP contribution < -0.4 is 19.1 Å². The zero-order valence-electron chi connectivity index (χ0n) is 19.5. The first kappa shape index (κ1) is 25.0. The van der Waals surface area contributed by atoms with Gasteiger partial charge in [0.1, 0.15) is 11.5 Å². The van der Waals surface area contributed by atoms with Crippen LogP contribution in [0.5, 0.6) is 11.5 Å². The van der Waals surface area contributed by atoms with Crippen LogP contribution >= 0.6 is 0 Å². The summed E-state index contributed by atoms with van der Waals surface area (Å²) in [7, 11) is -0.590. The number of carbonyl (C=O) groups excluding carboxylic acids is 1. The smallest absolute Gasteiger partial charge is 0.232 e. The van der Waals surface area contributed by atoms with Gasteiger partial charge in [0.05, 0.1) is 26.2 Å². The molecule has 0 aliphatic heterocycles. The van der Waals surface area contributed by atoms with Gasteiger partial charge in [-0.3, -0.25) is 14.1 Å². The van der Waals surface area contributed by atoms with Gasteiger partial charge in [0.25, 0.3) is 0 Å². The highest BCUT2D eigenvalue weighted by Gasteiger charge is 2.21. The van der Waals surface area contributed by atoms with Gasteiger partial charge in [0.15, 0.2) is 0 Å². The molecular formula is C25H29N3O5S. The number of nitrogens with one attached hydrogen (secondary N) is 1. The molecule has 1 aromatic heterocycles. The molecule has 0 saturated carbocycles. The van der Waals surface area contributed by atoms with Crippen molar-refractivity contribution in [2.75, 3.05) is 36.6 Å². The Labute approximate surface area is 200 Å². The van der Waals surface area contributed by atoms with Crippen LogP contribution in [-0.4, -0.2) is 46.3 Å². The number of sulfonamides is 1. The predicted octanol–water partition coefficient (Wildman–Crippen LogP) is 3.87. The summed E-state index contributed by atoms with van der Waals surface area (Å²) in [5, 5.41) is 2.86. The number of amides is 1. The second kappa shape index (κ2) is 11.5. The Morgan fingerprint density at radius 3 is 2.26 bits per heavy atom. The van der Waals surface area contributed by atoms with E-state index in [0.29, 0.717) is 29.3 Å². The summed E-state index contributed by atoms with van der Waals surface area (Å²) in [6, 6.07) is 16.5. The molecule has 1 heterocycles. The number of carbonyl (C=O) groups is 1. The first-order valence-electron chi connectivity index (χ1n) is 10.8. The molecule has 0 bridgehead atoms. The van der Waals surface area contributed by atoms with Crippen LogP contribution in [0, 0.1) is 0 Å². The lowest BCUT2D eigenvalue weighted by molar-refractivity contribution is -0.116. The number of pyridine rings is 1. The van der Waals surface area contributed by atoms with Gasteiger partial charge in [-0.25, -0.2) is 8.42 Å². The highest BCUT2D eigenvalue weighted by molar-refractivity contribution is 7.92. The number of hydrogen-bond acceptors (Lipinski definition) is 6. The number of rotatable bonds is 11. The Morgan fingerprint density at radius 2 is 1.65 bits per heavy atom. The molecule has 3 rings (SSSR count). The topological polar surface area (TPSA) is 97.8 Å². The summed E-state index contributed by atoms with van der Waals surface area (Å²) in [5.74, 6) is 0.748. The Kier molecular flexibility index (Phi) is 8.48. The van der Waals surface area contributed by atoms with Gasteiger partial charge in [-0.2, -0.15) is 0 Å². The van der Waals surface area contributed by atoms with Crippen molar-refractivity contribution < 1.29 is 22.7 Å². The summed E-state index contributed by atoms with van der Waals surface area (Å²) >= 11 is 0.